The molecular formula is C17H33NO. The third-order valence-electron chi connectivity index (χ3n) is 5.78. The number of rotatable bonds is 3. The summed E-state index contributed by atoms with van der Waals surface area (Å²) in [7, 11) is 1.85. The van der Waals surface area contributed by atoms with Crippen molar-refractivity contribution in [1.82, 2.24) is 4.90 Å². The van der Waals surface area contributed by atoms with E-state index in [-0.39, 0.29) is 5.54 Å². The van der Waals surface area contributed by atoms with Crippen LogP contribution in [0.2, 0.25) is 0 Å². The Morgan fingerprint density at radius 1 is 1.16 bits per heavy atom. The third-order valence-corrected chi connectivity index (χ3v) is 5.78. The molecule has 0 spiro atoms. The maximum absolute atomic E-state index is 5.55. The fourth-order valence-electron chi connectivity index (χ4n) is 5.05. The van der Waals surface area contributed by atoms with Crippen LogP contribution in [0.3, 0.4) is 0 Å². The fraction of sp³-hybridized carbons (Fsp3) is 1.00. The Morgan fingerprint density at radius 3 is 2.42 bits per heavy atom. The highest BCUT2D eigenvalue weighted by molar-refractivity contribution is 5.04. The molecule has 2 heteroatoms. The van der Waals surface area contributed by atoms with Gasteiger partial charge >= 0.3 is 0 Å². The van der Waals surface area contributed by atoms with Crippen LogP contribution in [-0.2, 0) is 4.74 Å². The number of hydrogen-bond donors (Lipinski definition) is 0. The van der Waals surface area contributed by atoms with Crippen molar-refractivity contribution in [2.24, 2.45) is 11.3 Å². The lowest BCUT2D eigenvalue weighted by Crippen LogP contribution is -2.65. The van der Waals surface area contributed by atoms with Gasteiger partial charge in [0.1, 0.15) is 0 Å². The van der Waals surface area contributed by atoms with Gasteiger partial charge in [-0.3, -0.25) is 4.90 Å². The van der Waals surface area contributed by atoms with E-state index < -0.39 is 0 Å². The van der Waals surface area contributed by atoms with Crippen LogP contribution < -0.4 is 0 Å². The van der Waals surface area contributed by atoms with Gasteiger partial charge in [-0.2, -0.15) is 0 Å². The largest absolute Gasteiger partial charge is 0.383 e. The molecule has 0 aromatic rings. The van der Waals surface area contributed by atoms with Crippen LogP contribution in [-0.4, -0.2) is 36.2 Å². The van der Waals surface area contributed by atoms with Crippen LogP contribution >= 0.6 is 0 Å². The van der Waals surface area contributed by atoms with Crippen LogP contribution in [0, 0.1) is 11.3 Å². The van der Waals surface area contributed by atoms with E-state index in [4.69, 9.17) is 4.74 Å². The first kappa shape index (κ1) is 15.3. The SMILES string of the molecule is COCC1(C)CCC2C(CCCC2(C)C)N1C(C)C. The molecule has 0 aromatic heterocycles. The van der Waals surface area contributed by atoms with Crippen molar-refractivity contribution in [3.63, 3.8) is 0 Å². The quantitative estimate of drug-likeness (QED) is 0.763. The zero-order valence-electron chi connectivity index (χ0n) is 13.8. The highest BCUT2D eigenvalue weighted by atomic mass is 16.5. The highest BCUT2D eigenvalue weighted by Crippen LogP contribution is 2.51. The Kier molecular flexibility index (Phi) is 4.32. The average molecular weight is 267 g/mol. The van der Waals surface area contributed by atoms with E-state index >= 15 is 0 Å². The first-order valence-corrected chi connectivity index (χ1v) is 8.09. The van der Waals surface area contributed by atoms with Gasteiger partial charge in [0.05, 0.1) is 6.61 Å². The topological polar surface area (TPSA) is 12.5 Å². The van der Waals surface area contributed by atoms with Gasteiger partial charge in [-0.1, -0.05) is 20.3 Å². The van der Waals surface area contributed by atoms with E-state index in [0.717, 1.165) is 18.6 Å². The molecule has 2 nitrogen and oxygen atoms in total. The van der Waals surface area contributed by atoms with Crippen LogP contribution in [0.4, 0.5) is 0 Å². The number of methoxy groups -OCH3 is 1. The Balaban J connectivity index is 2.28. The van der Waals surface area contributed by atoms with Crippen LogP contribution in [0.5, 0.6) is 0 Å². The van der Waals surface area contributed by atoms with Crippen molar-refractivity contribution < 1.29 is 4.74 Å². The summed E-state index contributed by atoms with van der Waals surface area (Å²) >= 11 is 0. The second kappa shape index (κ2) is 5.37. The van der Waals surface area contributed by atoms with Crippen LogP contribution in [0.1, 0.15) is 66.7 Å². The van der Waals surface area contributed by atoms with Crippen molar-refractivity contribution in [2.75, 3.05) is 13.7 Å². The number of nitrogens with zero attached hydrogens (tertiary/aromatic N) is 1. The zero-order valence-corrected chi connectivity index (χ0v) is 13.8. The number of piperidine rings is 1. The molecule has 19 heavy (non-hydrogen) atoms. The molecule has 1 aliphatic heterocycles. The van der Waals surface area contributed by atoms with Crippen molar-refractivity contribution in [2.45, 2.75) is 84.3 Å². The lowest BCUT2D eigenvalue weighted by atomic mass is 9.60. The zero-order chi connectivity index (χ0) is 14.3. The second-order valence-corrected chi connectivity index (χ2v) is 8.02. The van der Waals surface area contributed by atoms with Gasteiger partial charge in [0.25, 0.3) is 0 Å². The van der Waals surface area contributed by atoms with E-state index in [1.165, 1.54) is 32.1 Å². The minimum atomic E-state index is 0.234. The molecule has 1 aliphatic carbocycles. The molecule has 1 saturated carbocycles. The number of ether oxygens (including phenoxy) is 1. The molecule has 3 unspecified atom stereocenters. The maximum Gasteiger partial charge on any atom is 0.0644 e. The van der Waals surface area contributed by atoms with E-state index in [9.17, 15) is 0 Å². The molecule has 112 valence electrons. The number of fused-ring (bicyclic) bond motifs is 1. The summed E-state index contributed by atoms with van der Waals surface area (Å²) in [5.74, 6) is 0.869. The fourth-order valence-corrected chi connectivity index (χ4v) is 5.05. The minimum absolute atomic E-state index is 0.234. The van der Waals surface area contributed by atoms with Gasteiger partial charge in [0.15, 0.2) is 0 Å². The molecule has 1 saturated heterocycles. The lowest BCUT2D eigenvalue weighted by molar-refractivity contribution is -0.118. The van der Waals surface area contributed by atoms with E-state index in [1.54, 1.807) is 0 Å². The van der Waals surface area contributed by atoms with Gasteiger partial charge in [-0.05, 0) is 57.8 Å². The third kappa shape index (κ3) is 2.71. The molecular weight excluding hydrogens is 234 g/mol. The predicted octanol–water partition coefficient (Wildman–Crippen LogP) is 4.09. The standard InChI is InChI=1S/C17H33NO/c1-13(2)18-15-8-7-10-16(3,4)14(15)9-11-17(18,5)12-19-6/h13-15H,7-12H2,1-6H3. The van der Waals surface area contributed by atoms with Crippen molar-refractivity contribution >= 4 is 0 Å². The minimum Gasteiger partial charge on any atom is -0.383 e. The summed E-state index contributed by atoms with van der Waals surface area (Å²) < 4.78 is 5.55. The van der Waals surface area contributed by atoms with Gasteiger partial charge < -0.3 is 4.74 Å². The summed E-state index contributed by atoms with van der Waals surface area (Å²) in [6, 6.07) is 1.37. The van der Waals surface area contributed by atoms with Crippen molar-refractivity contribution in [3.8, 4) is 0 Å². The van der Waals surface area contributed by atoms with E-state index in [2.05, 4.69) is 39.5 Å². The Hall–Kier alpha value is -0.0800. The van der Waals surface area contributed by atoms with Gasteiger partial charge in [0.2, 0.25) is 0 Å². The molecule has 0 aromatic carbocycles. The van der Waals surface area contributed by atoms with Gasteiger partial charge in [0, 0.05) is 24.7 Å². The second-order valence-electron chi connectivity index (χ2n) is 8.02. The molecule has 0 N–H and O–H groups in total. The molecule has 0 bridgehead atoms. The Morgan fingerprint density at radius 2 is 1.84 bits per heavy atom. The highest BCUT2D eigenvalue weighted by Gasteiger charge is 2.50. The summed E-state index contributed by atoms with van der Waals surface area (Å²) in [4.78, 5) is 2.80. The first-order valence-electron chi connectivity index (χ1n) is 8.09. The van der Waals surface area contributed by atoms with Crippen LogP contribution in [0.15, 0.2) is 0 Å². The number of likely N-dealkylation sites (tertiary alicyclic amines) is 1. The van der Waals surface area contributed by atoms with E-state index in [1.807, 2.05) is 7.11 Å². The van der Waals surface area contributed by atoms with E-state index in [0.29, 0.717) is 11.5 Å². The normalized spacial score (nSPS) is 39.3. The van der Waals surface area contributed by atoms with Gasteiger partial charge in [-0.15, -0.1) is 0 Å². The van der Waals surface area contributed by atoms with Gasteiger partial charge in [-0.25, -0.2) is 0 Å². The molecule has 3 atom stereocenters. The molecule has 2 fully saturated rings. The predicted molar refractivity (Wildman–Crippen MR) is 81.4 cm³/mol. The summed E-state index contributed by atoms with van der Waals surface area (Å²) in [6.45, 7) is 13.0. The summed E-state index contributed by atoms with van der Waals surface area (Å²) in [6.07, 6.45) is 6.83. The monoisotopic (exact) mass is 267 g/mol. The summed E-state index contributed by atoms with van der Waals surface area (Å²) in [5, 5.41) is 0. The molecule has 0 radical (unpaired) electrons. The van der Waals surface area contributed by atoms with Crippen molar-refractivity contribution in [3.05, 3.63) is 0 Å². The Bertz CT molecular complexity index is 312. The molecule has 1 heterocycles. The van der Waals surface area contributed by atoms with Crippen LogP contribution in [0.25, 0.3) is 0 Å². The first-order chi connectivity index (χ1) is 8.82. The molecule has 2 rings (SSSR count). The maximum atomic E-state index is 5.55. The number of hydrogen-bond acceptors (Lipinski definition) is 2. The average Bonchev–Trinajstić information content (AvgIpc) is 2.27. The summed E-state index contributed by atoms with van der Waals surface area (Å²) in [5.41, 5.74) is 0.752. The molecule has 2 aliphatic rings. The molecule has 0 amide bonds. The smallest absolute Gasteiger partial charge is 0.0644 e. The lowest BCUT2D eigenvalue weighted by Gasteiger charge is -2.59. The Labute approximate surface area is 119 Å². The van der Waals surface area contributed by atoms with Crippen molar-refractivity contribution in [1.29, 1.82) is 0 Å².